The number of aliphatic carboxylic acids is 1. The van der Waals surface area contributed by atoms with E-state index in [1.54, 1.807) is 14.0 Å². The third-order valence-corrected chi connectivity index (χ3v) is 2.92. The second-order valence-electron chi connectivity index (χ2n) is 3.83. The molecule has 17 heavy (non-hydrogen) atoms. The fourth-order valence-corrected chi connectivity index (χ4v) is 1.80. The third kappa shape index (κ3) is 4.36. The molecule has 0 saturated heterocycles. The van der Waals surface area contributed by atoms with Crippen molar-refractivity contribution >= 4 is 21.9 Å². The molecule has 5 heteroatoms. The summed E-state index contributed by atoms with van der Waals surface area (Å²) in [5.41, 5.74) is 1.000. The summed E-state index contributed by atoms with van der Waals surface area (Å²) in [6.45, 7) is 2.69. The van der Waals surface area contributed by atoms with Gasteiger partial charge in [-0.1, -0.05) is 22.9 Å². The standard InChI is InChI=1S/C12H16BrNO3/c1-8(12(15)16)6-14-7-9-5-10(13)3-4-11(9)17-2/h3-5,8,14H,6-7H2,1-2H3,(H,15,16). The molecule has 4 nitrogen and oxygen atoms in total. The smallest absolute Gasteiger partial charge is 0.307 e. The molecular formula is C12H16BrNO3. The Morgan fingerprint density at radius 3 is 2.88 bits per heavy atom. The summed E-state index contributed by atoms with van der Waals surface area (Å²) in [7, 11) is 1.62. The van der Waals surface area contributed by atoms with Crippen molar-refractivity contribution in [3.05, 3.63) is 28.2 Å². The molecule has 1 rings (SSSR count). The van der Waals surface area contributed by atoms with Gasteiger partial charge in [0.2, 0.25) is 0 Å². The van der Waals surface area contributed by atoms with Crippen molar-refractivity contribution in [3.8, 4) is 5.75 Å². The first-order valence-corrected chi connectivity index (χ1v) is 6.10. The molecule has 0 bridgehead atoms. The van der Waals surface area contributed by atoms with Crippen molar-refractivity contribution in [2.24, 2.45) is 5.92 Å². The fraction of sp³-hybridized carbons (Fsp3) is 0.417. The summed E-state index contributed by atoms with van der Waals surface area (Å²) in [5, 5.41) is 11.9. The molecule has 1 unspecified atom stereocenters. The van der Waals surface area contributed by atoms with Crippen molar-refractivity contribution in [3.63, 3.8) is 0 Å². The first kappa shape index (κ1) is 14.0. The SMILES string of the molecule is COc1ccc(Br)cc1CNCC(C)C(=O)O. The first-order chi connectivity index (χ1) is 8.04. The van der Waals surface area contributed by atoms with Crippen LogP contribution in [0.5, 0.6) is 5.75 Å². The molecule has 2 N–H and O–H groups in total. The topological polar surface area (TPSA) is 58.6 Å². The van der Waals surface area contributed by atoms with Crippen LogP contribution >= 0.6 is 15.9 Å². The lowest BCUT2D eigenvalue weighted by Crippen LogP contribution is -2.26. The Hall–Kier alpha value is -1.07. The number of methoxy groups -OCH3 is 1. The number of ether oxygens (including phenoxy) is 1. The van der Waals surface area contributed by atoms with Gasteiger partial charge in [-0.05, 0) is 18.2 Å². The summed E-state index contributed by atoms with van der Waals surface area (Å²) in [5.74, 6) is -0.393. The predicted molar refractivity (Wildman–Crippen MR) is 69.2 cm³/mol. The van der Waals surface area contributed by atoms with E-state index in [2.05, 4.69) is 21.2 Å². The van der Waals surface area contributed by atoms with Gasteiger partial charge < -0.3 is 15.2 Å². The van der Waals surface area contributed by atoms with Crippen LogP contribution in [-0.2, 0) is 11.3 Å². The van der Waals surface area contributed by atoms with Crippen molar-refractivity contribution in [1.29, 1.82) is 0 Å². The monoisotopic (exact) mass is 301 g/mol. The zero-order chi connectivity index (χ0) is 12.8. The number of carboxylic acids is 1. The molecule has 94 valence electrons. The Balaban J connectivity index is 2.56. The van der Waals surface area contributed by atoms with E-state index in [1.165, 1.54) is 0 Å². The van der Waals surface area contributed by atoms with E-state index in [4.69, 9.17) is 9.84 Å². The molecule has 1 atom stereocenters. The molecule has 0 amide bonds. The predicted octanol–water partition coefficient (Wildman–Crippen LogP) is 2.27. The average Bonchev–Trinajstić information content (AvgIpc) is 2.29. The molecule has 0 spiro atoms. The Kier molecular flexibility index (Phi) is 5.44. The minimum atomic E-state index is -0.793. The van der Waals surface area contributed by atoms with Crippen LogP contribution in [0.1, 0.15) is 12.5 Å². The molecule has 1 aromatic carbocycles. The van der Waals surface area contributed by atoms with Gasteiger partial charge in [0.05, 0.1) is 13.0 Å². The first-order valence-electron chi connectivity index (χ1n) is 5.30. The minimum absolute atomic E-state index is 0.395. The van der Waals surface area contributed by atoms with E-state index in [-0.39, 0.29) is 0 Å². The van der Waals surface area contributed by atoms with Crippen molar-refractivity contribution in [2.75, 3.05) is 13.7 Å². The van der Waals surface area contributed by atoms with Gasteiger partial charge in [0, 0.05) is 23.1 Å². The van der Waals surface area contributed by atoms with Gasteiger partial charge in [-0.2, -0.15) is 0 Å². The van der Waals surface area contributed by atoms with E-state index in [1.807, 2.05) is 18.2 Å². The number of carbonyl (C=O) groups is 1. The quantitative estimate of drug-likeness (QED) is 0.846. The van der Waals surface area contributed by atoms with E-state index in [0.29, 0.717) is 13.1 Å². The lowest BCUT2D eigenvalue weighted by molar-refractivity contribution is -0.140. The molecule has 0 aromatic heterocycles. The molecule has 1 aromatic rings. The van der Waals surface area contributed by atoms with Gasteiger partial charge in [-0.25, -0.2) is 0 Å². The second kappa shape index (κ2) is 6.61. The number of carboxylic acid groups (broad SMARTS) is 1. The van der Waals surface area contributed by atoms with E-state index in [0.717, 1.165) is 15.8 Å². The number of benzene rings is 1. The van der Waals surface area contributed by atoms with Crippen LogP contribution in [0.4, 0.5) is 0 Å². The van der Waals surface area contributed by atoms with Crippen LogP contribution in [0.2, 0.25) is 0 Å². The van der Waals surface area contributed by atoms with E-state index < -0.39 is 11.9 Å². The van der Waals surface area contributed by atoms with Gasteiger partial charge in [-0.15, -0.1) is 0 Å². The van der Waals surface area contributed by atoms with Crippen LogP contribution < -0.4 is 10.1 Å². The largest absolute Gasteiger partial charge is 0.496 e. The maximum atomic E-state index is 10.6. The lowest BCUT2D eigenvalue weighted by atomic mass is 10.1. The van der Waals surface area contributed by atoms with Crippen LogP contribution in [0.25, 0.3) is 0 Å². The highest BCUT2D eigenvalue weighted by Gasteiger charge is 2.10. The summed E-state index contributed by atoms with van der Waals surface area (Å²) in [6, 6.07) is 5.74. The fourth-order valence-electron chi connectivity index (χ4n) is 1.40. The Morgan fingerprint density at radius 1 is 1.59 bits per heavy atom. The minimum Gasteiger partial charge on any atom is -0.496 e. The highest BCUT2D eigenvalue weighted by Crippen LogP contribution is 2.22. The highest BCUT2D eigenvalue weighted by molar-refractivity contribution is 9.10. The second-order valence-corrected chi connectivity index (χ2v) is 4.74. The Labute approximate surface area is 109 Å². The summed E-state index contributed by atoms with van der Waals surface area (Å²) < 4.78 is 6.20. The van der Waals surface area contributed by atoms with Crippen LogP contribution in [-0.4, -0.2) is 24.7 Å². The van der Waals surface area contributed by atoms with Crippen LogP contribution in [0.3, 0.4) is 0 Å². The Morgan fingerprint density at radius 2 is 2.29 bits per heavy atom. The number of nitrogens with one attached hydrogen (secondary N) is 1. The summed E-state index contributed by atoms with van der Waals surface area (Å²) in [4.78, 5) is 10.6. The molecule has 0 aliphatic carbocycles. The summed E-state index contributed by atoms with van der Waals surface area (Å²) in [6.07, 6.45) is 0. The zero-order valence-corrected chi connectivity index (χ0v) is 11.5. The molecule has 0 aliphatic rings. The van der Waals surface area contributed by atoms with Crippen LogP contribution in [0, 0.1) is 5.92 Å². The van der Waals surface area contributed by atoms with Gasteiger partial charge >= 0.3 is 5.97 Å². The Bertz CT molecular complexity index is 395. The number of hydrogen-bond donors (Lipinski definition) is 2. The van der Waals surface area contributed by atoms with Crippen molar-refractivity contribution in [1.82, 2.24) is 5.32 Å². The molecule has 0 saturated carbocycles. The lowest BCUT2D eigenvalue weighted by Gasteiger charge is -2.11. The zero-order valence-electron chi connectivity index (χ0n) is 9.87. The average molecular weight is 302 g/mol. The number of halogens is 1. The van der Waals surface area contributed by atoms with Crippen molar-refractivity contribution < 1.29 is 14.6 Å². The number of hydrogen-bond acceptors (Lipinski definition) is 3. The molecule has 0 aliphatic heterocycles. The highest BCUT2D eigenvalue weighted by atomic mass is 79.9. The molecule has 0 heterocycles. The third-order valence-electron chi connectivity index (χ3n) is 2.43. The molecule has 0 fully saturated rings. The van der Waals surface area contributed by atoms with Gasteiger partial charge in [0.15, 0.2) is 0 Å². The molecule has 0 radical (unpaired) electrons. The van der Waals surface area contributed by atoms with Gasteiger partial charge in [0.25, 0.3) is 0 Å². The maximum absolute atomic E-state index is 10.6. The van der Waals surface area contributed by atoms with Crippen LogP contribution in [0.15, 0.2) is 22.7 Å². The summed E-state index contributed by atoms with van der Waals surface area (Å²) >= 11 is 3.39. The molecular weight excluding hydrogens is 286 g/mol. The van der Waals surface area contributed by atoms with Gasteiger partial charge in [-0.3, -0.25) is 4.79 Å². The van der Waals surface area contributed by atoms with E-state index in [9.17, 15) is 4.79 Å². The van der Waals surface area contributed by atoms with E-state index >= 15 is 0 Å². The normalized spacial score (nSPS) is 12.2. The maximum Gasteiger partial charge on any atom is 0.307 e. The van der Waals surface area contributed by atoms with Gasteiger partial charge in [0.1, 0.15) is 5.75 Å². The number of rotatable bonds is 6. The van der Waals surface area contributed by atoms with Crippen molar-refractivity contribution in [2.45, 2.75) is 13.5 Å².